The summed E-state index contributed by atoms with van der Waals surface area (Å²) in [4.78, 5) is 23.6. The second kappa shape index (κ2) is 8.21. The largest absolute Gasteiger partial charge is 0.464 e. The number of carbonyl (C=O) groups is 1. The van der Waals surface area contributed by atoms with Crippen molar-refractivity contribution in [1.82, 2.24) is 9.97 Å². The van der Waals surface area contributed by atoms with Crippen molar-refractivity contribution in [3.05, 3.63) is 66.4 Å². The molecule has 1 saturated heterocycles. The van der Waals surface area contributed by atoms with Crippen LogP contribution >= 0.6 is 0 Å². The van der Waals surface area contributed by atoms with Crippen molar-refractivity contribution in [2.75, 3.05) is 25.1 Å². The third kappa shape index (κ3) is 3.88. The van der Waals surface area contributed by atoms with E-state index in [4.69, 9.17) is 9.72 Å². The van der Waals surface area contributed by atoms with Crippen LogP contribution < -0.4 is 4.90 Å². The van der Waals surface area contributed by atoms with Gasteiger partial charge in [0, 0.05) is 24.7 Å². The molecular weight excluding hydrogens is 350 g/mol. The second-order valence-electron chi connectivity index (χ2n) is 6.92. The summed E-state index contributed by atoms with van der Waals surface area (Å²) in [5, 5.41) is 0. The van der Waals surface area contributed by atoms with Crippen LogP contribution in [-0.2, 0) is 4.74 Å². The van der Waals surface area contributed by atoms with Crippen LogP contribution in [0.1, 0.15) is 29.8 Å². The maximum atomic E-state index is 12.1. The van der Waals surface area contributed by atoms with E-state index in [2.05, 4.69) is 34.1 Å². The normalized spacial score (nSPS) is 14.0. The van der Waals surface area contributed by atoms with Crippen molar-refractivity contribution in [2.45, 2.75) is 19.3 Å². The van der Waals surface area contributed by atoms with Gasteiger partial charge in [0.05, 0.1) is 7.11 Å². The summed E-state index contributed by atoms with van der Waals surface area (Å²) in [5.41, 5.74) is 3.46. The van der Waals surface area contributed by atoms with E-state index in [0.29, 0.717) is 11.5 Å². The summed E-state index contributed by atoms with van der Waals surface area (Å²) >= 11 is 0. The molecule has 0 unspecified atom stereocenters. The Morgan fingerprint density at radius 1 is 0.857 bits per heavy atom. The molecule has 2 heterocycles. The Bertz CT molecular complexity index is 949. The summed E-state index contributed by atoms with van der Waals surface area (Å²) in [5.74, 6) is 0.892. The highest BCUT2D eigenvalue weighted by Crippen LogP contribution is 2.26. The first-order valence-corrected chi connectivity index (χ1v) is 9.63. The molecule has 1 aliphatic rings. The van der Waals surface area contributed by atoms with Crippen LogP contribution in [0.25, 0.3) is 22.5 Å². The molecule has 0 bridgehead atoms. The number of nitrogens with zero attached hydrogens (tertiary/aromatic N) is 3. The lowest BCUT2D eigenvalue weighted by Crippen LogP contribution is -2.30. The zero-order chi connectivity index (χ0) is 19.3. The molecule has 0 aliphatic carbocycles. The van der Waals surface area contributed by atoms with E-state index in [1.165, 1.54) is 13.5 Å². The lowest BCUT2D eigenvalue weighted by atomic mass is 10.0. The van der Waals surface area contributed by atoms with Gasteiger partial charge in [0.25, 0.3) is 0 Å². The van der Waals surface area contributed by atoms with Crippen molar-refractivity contribution in [3.8, 4) is 22.5 Å². The average molecular weight is 373 g/mol. The number of hydrogen-bond donors (Lipinski definition) is 0. The van der Waals surface area contributed by atoms with Gasteiger partial charge in [-0.3, -0.25) is 0 Å². The van der Waals surface area contributed by atoms with Crippen LogP contribution in [0.15, 0.2) is 60.7 Å². The number of hydrogen-bond acceptors (Lipinski definition) is 5. The molecule has 0 spiro atoms. The zero-order valence-corrected chi connectivity index (χ0v) is 16.0. The van der Waals surface area contributed by atoms with Gasteiger partial charge in [-0.1, -0.05) is 54.6 Å². The Morgan fingerprint density at radius 2 is 1.50 bits per heavy atom. The van der Waals surface area contributed by atoms with Gasteiger partial charge in [0.2, 0.25) is 0 Å². The maximum Gasteiger partial charge on any atom is 0.356 e. The van der Waals surface area contributed by atoms with E-state index in [1.54, 1.807) is 6.07 Å². The van der Waals surface area contributed by atoms with Crippen LogP contribution in [-0.4, -0.2) is 36.1 Å². The molecule has 142 valence electrons. The molecule has 0 radical (unpaired) electrons. The van der Waals surface area contributed by atoms with Gasteiger partial charge in [-0.05, 0) is 30.4 Å². The molecule has 2 aromatic carbocycles. The van der Waals surface area contributed by atoms with E-state index in [-0.39, 0.29) is 0 Å². The fraction of sp³-hybridized carbons (Fsp3) is 0.261. The number of methoxy groups -OCH3 is 1. The highest BCUT2D eigenvalue weighted by atomic mass is 16.5. The maximum absolute atomic E-state index is 12.1. The van der Waals surface area contributed by atoms with Gasteiger partial charge in [-0.2, -0.15) is 0 Å². The van der Waals surface area contributed by atoms with E-state index in [0.717, 1.165) is 48.4 Å². The number of aromatic nitrogens is 2. The molecule has 1 aliphatic heterocycles. The highest BCUT2D eigenvalue weighted by molar-refractivity contribution is 5.88. The Morgan fingerprint density at radius 3 is 2.18 bits per heavy atom. The van der Waals surface area contributed by atoms with Crippen LogP contribution in [0.2, 0.25) is 0 Å². The van der Waals surface area contributed by atoms with Crippen molar-refractivity contribution < 1.29 is 9.53 Å². The van der Waals surface area contributed by atoms with Gasteiger partial charge < -0.3 is 9.64 Å². The highest BCUT2D eigenvalue weighted by Gasteiger charge is 2.18. The van der Waals surface area contributed by atoms with Gasteiger partial charge >= 0.3 is 5.97 Å². The number of ether oxygens (including phenoxy) is 1. The number of esters is 1. The summed E-state index contributed by atoms with van der Waals surface area (Å²) < 4.78 is 4.90. The third-order valence-corrected chi connectivity index (χ3v) is 5.04. The molecule has 1 fully saturated rings. The molecule has 28 heavy (non-hydrogen) atoms. The predicted molar refractivity (Wildman–Crippen MR) is 110 cm³/mol. The quantitative estimate of drug-likeness (QED) is 0.626. The molecule has 0 amide bonds. The van der Waals surface area contributed by atoms with Gasteiger partial charge in [-0.25, -0.2) is 14.8 Å². The summed E-state index contributed by atoms with van der Waals surface area (Å²) in [6.45, 7) is 1.90. The summed E-state index contributed by atoms with van der Waals surface area (Å²) in [6.07, 6.45) is 3.51. The Kier molecular flexibility index (Phi) is 5.33. The first kappa shape index (κ1) is 18.2. The van der Waals surface area contributed by atoms with Crippen molar-refractivity contribution in [3.63, 3.8) is 0 Å². The van der Waals surface area contributed by atoms with Crippen molar-refractivity contribution in [1.29, 1.82) is 0 Å². The standard InChI is InChI=1S/C23H23N3O2/c1-28-23(27)20-16-21(26-14-6-3-7-15-26)25-22(24-20)19-12-10-18(11-13-19)17-8-4-2-5-9-17/h2,4-5,8-13,16H,3,6-7,14-15H2,1H3. The smallest absolute Gasteiger partial charge is 0.356 e. The fourth-order valence-corrected chi connectivity index (χ4v) is 3.50. The van der Waals surface area contributed by atoms with Crippen LogP contribution in [0.4, 0.5) is 5.82 Å². The molecule has 5 heteroatoms. The SMILES string of the molecule is COC(=O)c1cc(N2CCCCC2)nc(-c2ccc(-c3ccccc3)cc2)n1. The summed E-state index contributed by atoms with van der Waals surface area (Å²) in [7, 11) is 1.37. The van der Waals surface area contributed by atoms with Crippen molar-refractivity contribution in [2.24, 2.45) is 0 Å². The molecule has 5 nitrogen and oxygen atoms in total. The number of carbonyl (C=O) groups excluding carboxylic acids is 1. The van der Waals surface area contributed by atoms with Gasteiger partial charge in [-0.15, -0.1) is 0 Å². The van der Waals surface area contributed by atoms with Crippen LogP contribution in [0, 0.1) is 0 Å². The van der Waals surface area contributed by atoms with Crippen molar-refractivity contribution >= 4 is 11.8 Å². The summed E-state index contributed by atoms with van der Waals surface area (Å²) in [6, 6.07) is 20.1. The third-order valence-electron chi connectivity index (χ3n) is 5.04. The van der Waals surface area contributed by atoms with E-state index in [9.17, 15) is 4.79 Å². The number of anilines is 1. The van der Waals surface area contributed by atoms with E-state index < -0.39 is 5.97 Å². The number of piperidine rings is 1. The van der Waals surface area contributed by atoms with Crippen LogP contribution in [0.3, 0.4) is 0 Å². The molecule has 3 aromatic rings. The Balaban J connectivity index is 1.70. The monoisotopic (exact) mass is 373 g/mol. The average Bonchev–Trinajstić information content (AvgIpc) is 2.79. The molecular formula is C23H23N3O2. The first-order valence-electron chi connectivity index (χ1n) is 9.63. The fourth-order valence-electron chi connectivity index (χ4n) is 3.50. The topological polar surface area (TPSA) is 55.3 Å². The van der Waals surface area contributed by atoms with Gasteiger partial charge in [0.15, 0.2) is 11.5 Å². The van der Waals surface area contributed by atoms with Gasteiger partial charge in [0.1, 0.15) is 5.82 Å². The minimum atomic E-state index is -0.442. The second-order valence-corrected chi connectivity index (χ2v) is 6.92. The zero-order valence-electron chi connectivity index (χ0n) is 16.0. The van der Waals surface area contributed by atoms with E-state index >= 15 is 0 Å². The minimum absolute atomic E-state index is 0.292. The Hall–Kier alpha value is -3.21. The lowest BCUT2D eigenvalue weighted by molar-refractivity contribution is 0.0594. The molecule has 4 rings (SSSR count). The molecule has 0 N–H and O–H groups in total. The van der Waals surface area contributed by atoms with Crippen LogP contribution in [0.5, 0.6) is 0 Å². The predicted octanol–water partition coefficient (Wildman–Crippen LogP) is 4.59. The molecule has 1 aromatic heterocycles. The molecule has 0 atom stereocenters. The minimum Gasteiger partial charge on any atom is -0.464 e. The molecule has 0 saturated carbocycles. The number of benzene rings is 2. The Labute approximate surface area is 165 Å². The number of rotatable bonds is 4. The van der Waals surface area contributed by atoms with E-state index in [1.807, 2.05) is 30.3 Å². The first-order chi connectivity index (χ1) is 13.7. The lowest BCUT2D eigenvalue weighted by Gasteiger charge is -2.28.